The normalized spacial score (nSPS) is 12.8. The van der Waals surface area contributed by atoms with Crippen LogP contribution in [0.3, 0.4) is 0 Å². The summed E-state index contributed by atoms with van der Waals surface area (Å²) in [5, 5.41) is 7.97. The highest BCUT2D eigenvalue weighted by Crippen LogP contribution is 2.23. The van der Waals surface area contributed by atoms with E-state index in [9.17, 15) is 4.79 Å². The number of hydrogen-bond donors (Lipinski definition) is 1. The van der Waals surface area contributed by atoms with Crippen LogP contribution >= 0.6 is 0 Å². The van der Waals surface area contributed by atoms with E-state index in [1.54, 1.807) is 17.0 Å². The summed E-state index contributed by atoms with van der Waals surface area (Å²) >= 11 is 0. The number of aromatic nitrogens is 2. The molecule has 0 saturated carbocycles. The lowest BCUT2D eigenvalue weighted by molar-refractivity contribution is -0.117. The summed E-state index contributed by atoms with van der Waals surface area (Å²) in [6, 6.07) is 9.54. The Bertz CT molecular complexity index is 796. The number of fused-ring (bicyclic) bond motifs is 1. The molecule has 0 spiro atoms. The van der Waals surface area contributed by atoms with Gasteiger partial charge in [-0.1, -0.05) is 18.2 Å². The van der Waals surface area contributed by atoms with Gasteiger partial charge in [0.1, 0.15) is 11.3 Å². The van der Waals surface area contributed by atoms with Crippen molar-refractivity contribution in [3.05, 3.63) is 60.1 Å². The predicted octanol–water partition coefficient (Wildman–Crippen LogP) is 3.06. The minimum Gasteiger partial charge on any atom is -0.459 e. The molecule has 3 rings (SSSR count). The third-order valence-electron chi connectivity index (χ3n) is 3.38. The zero-order chi connectivity index (χ0) is 15.5. The van der Waals surface area contributed by atoms with Gasteiger partial charge in [0, 0.05) is 30.3 Å². The maximum absolute atomic E-state index is 12.0. The molecule has 2 heterocycles. The van der Waals surface area contributed by atoms with Crippen LogP contribution in [0.25, 0.3) is 17.0 Å². The van der Waals surface area contributed by atoms with E-state index in [4.69, 9.17) is 4.42 Å². The number of carbonyl (C=O) groups excluding carboxylic acids is 1. The van der Waals surface area contributed by atoms with Gasteiger partial charge in [-0.3, -0.25) is 9.48 Å². The molecule has 22 heavy (non-hydrogen) atoms. The second-order valence-corrected chi connectivity index (χ2v) is 5.20. The largest absolute Gasteiger partial charge is 0.459 e. The Kier molecular flexibility index (Phi) is 3.78. The monoisotopic (exact) mass is 295 g/mol. The van der Waals surface area contributed by atoms with Crippen molar-refractivity contribution in [2.24, 2.45) is 7.05 Å². The van der Waals surface area contributed by atoms with E-state index < -0.39 is 0 Å². The predicted molar refractivity (Wildman–Crippen MR) is 85.0 cm³/mol. The molecule has 0 bridgehead atoms. The fourth-order valence-electron chi connectivity index (χ4n) is 2.25. The number of benzene rings is 1. The molecule has 0 aliphatic rings. The van der Waals surface area contributed by atoms with Gasteiger partial charge in [-0.2, -0.15) is 5.10 Å². The van der Waals surface area contributed by atoms with Crippen LogP contribution in [0.1, 0.15) is 24.3 Å². The fraction of sp³-hybridized carbons (Fsp3) is 0.176. The number of para-hydroxylation sites is 1. The Hall–Kier alpha value is -2.82. The van der Waals surface area contributed by atoms with E-state index in [1.165, 1.54) is 6.08 Å². The van der Waals surface area contributed by atoms with E-state index in [0.717, 1.165) is 22.3 Å². The zero-order valence-electron chi connectivity index (χ0n) is 12.5. The average Bonchev–Trinajstić information content (AvgIpc) is 3.11. The summed E-state index contributed by atoms with van der Waals surface area (Å²) in [6.45, 7) is 1.90. The lowest BCUT2D eigenvalue weighted by atomic mass is 10.2. The summed E-state index contributed by atoms with van der Waals surface area (Å²) < 4.78 is 7.43. The Morgan fingerprint density at radius 1 is 1.41 bits per heavy atom. The molecule has 1 amide bonds. The number of carbonyl (C=O) groups is 1. The fourth-order valence-corrected chi connectivity index (χ4v) is 2.25. The molecule has 1 aromatic carbocycles. The maximum atomic E-state index is 12.0. The van der Waals surface area contributed by atoms with Gasteiger partial charge in [0.2, 0.25) is 5.91 Å². The summed E-state index contributed by atoms with van der Waals surface area (Å²) in [7, 11) is 1.83. The number of furan rings is 1. The molecule has 1 unspecified atom stereocenters. The minimum absolute atomic E-state index is 0.170. The highest BCUT2D eigenvalue weighted by atomic mass is 16.3. The summed E-state index contributed by atoms with van der Waals surface area (Å²) in [5.41, 5.74) is 1.71. The highest BCUT2D eigenvalue weighted by Gasteiger charge is 2.12. The number of nitrogens with zero attached hydrogens (tertiary/aromatic N) is 2. The molecule has 2 aromatic heterocycles. The standard InChI is InChI=1S/C17H17N3O2/c1-12(16-9-14-5-3-4-6-15(14)22-16)19-17(21)8-7-13-10-18-20(2)11-13/h3-12H,1-2H3,(H,19,21)/b8-7+. The molecule has 1 N–H and O–H groups in total. The van der Waals surface area contributed by atoms with Crippen LogP contribution in [0.5, 0.6) is 0 Å². The minimum atomic E-state index is -0.196. The second kappa shape index (κ2) is 5.89. The van der Waals surface area contributed by atoms with Crippen molar-refractivity contribution in [3.8, 4) is 0 Å². The van der Waals surface area contributed by atoms with Crippen molar-refractivity contribution >= 4 is 23.0 Å². The lowest BCUT2D eigenvalue weighted by Crippen LogP contribution is -2.24. The average molecular weight is 295 g/mol. The number of rotatable bonds is 4. The van der Waals surface area contributed by atoms with E-state index >= 15 is 0 Å². The molecule has 0 aliphatic heterocycles. The molecule has 1 atom stereocenters. The first-order valence-electron chi connectivity index (χ1n) is 7.07. The van der Waals surface area contributed by atoms with Crippen LogP contribution in [0.4, 0.5) is 0 Å². The second-order valence-electron chi connectivity index (χ2n) is 5.20. The van der Waals surface area contributed by atoms with E-state index in [1.807, 2.05) is 50.5 Å². The number of hydrogen-bond acceptors (Lipinski definition) is 3. The number of amides is 1. The first-order valence-corrected chi connectivity index (χ1v) is 7.07. The molecule has 0 radical (unpaired) electrons. The van der Waals surface area contributed by atoms with Gasteiger partial charge >= 0.3 is 0 Å². The van der Waals surface area contributed by atoms with Gasteiger partial charge in [0.25, 0.3) is 0 Å². The molecule has 5 nitrogen and oxygen atoms in total. The van der Waals surface area contributed by atoms with Crippen molar-refractivity contribution < 1.29 is 9.21 Å². The van der Waals surface area contributed by atoms with Crippen molar-refractivity contribution in [2.45, 2.75) is 13.0 Å². The molecule has 112 valence electrons. The molecule has 0 fully saturated rings. The van der Waals surface area contributed by atoms with Crippen molar-refractivity contribution in [2.75, 3.05) is 0 Å². The summed E-state index contributed by atoms with van der Waals surface area (Å²) in [4.78, 5) is 12.0. The molecular weight excluding hydrogens is 278 g/mol. The summed E-state index contributed by atoms with van der Waals surface area (Å²) in [5.74, 6) is 0.570. The Morgan fingerprint density at radius 3 is 2.95 bits per heavy atom. The zero-order valence-corrected chi connectivity index (χ0v) is 12.5. The van der Waals surface area contributed by atoms with Crippen molar-refractivity contribution in [1.82, 2.24) is 15.1 Å². The van der Waals surface area contributed by atoms with Gasteiger partial charge in [-0.05, 0) is 25.1 Å². The van der Waals surface area contributed by atoms with Crippen LogP contribution in [0.15, 0.2) is 53.2 Å². The third-order valence-corrected chi connectivity index (χ3v) is 3.38. The Morgan fingerprint density at radius 2 is 2.23 bits per heavy atom. The van der Waals surface area contributed by atoms with E-state index in [0.29, 0.717) is 0 Å². The van der Waals surface area contributed by atoms with Crippen LogP contribution in [0, 0.1) is 0 Å². The van der Waals surface area contributed by atoms with Crippen LogP contribution in [-0.2, 0) is 11.8 Å². The molecular formula is C17H17N3O2. The van der Waals surface area contributed by atoms with Gasteiger partial charge in [0.15, 0.2) is 0 Å². The van der Waals surface area contributed by atoms with Gasteiger partial charge in [-0.15, -0.1) is 0 Å². The summed E-state index contributed by atoms with van der Waals surface area (Å²) in [6.07, 6.45) is 6.77. The third kappa shape index (κ3) is 3.09. The van der Waals surface area contributed by atoms with Crippen LogP contribution in [-0.4, -0.2) is 15.7 Å². The smallest absolute Gasteiger partial charge is 0.244 e. The van der Waals surface area contributed by atoms with Crippen LogP contribution in [0.2, 0.25) is 0 Å². The molecule has 5 heteroatoms. The van der Waals surface area contributed by atoms with Gasteiger partial charge in [0.05, 0.1) is 12.2 Å². The quantitative estimate of drug-likeness (QED) is 0.753. The maximum Gasteiger partial charge on any atom is 0.244 e. The van der Waals surface area contributed by atoms with E-state index in [-0.39, 0.29) is 11.9 Å². The Labute approximate surface area is 128 Å². The topological polar surface area (TPSA) is 60.1 Å². The molecule has 0 saturated heterocycles. The van der Waals surface area contributed by atoms with Gasteiger partial charge in [-0.25, -0.2) is 0 Å². The number of nitrogens with one attached hydrogen (secondary N) is 1. The van der Waals surface area contributed by atoms with Crippen LogP contribution < -0.4 is 5.32 Å². The first kappa shape index (κ1) is 14.1. The number of aryl methyl sites for hydroxylation is 1. The van der Waals surface area contributed by atoms with Crippen molar-refractivity contribution in [1.29, 1.82) is 0 Å². The Balaban J connectivity index is 1.66. The molecule has 3 aromatic rings. The lowest BCUT2D eigenvalue weighted by Gasteiger charge is -2.08. The SMILES string of the molecule is CC(NC(=O)/C=C/c1cnn(C)c1)c1cc2ccccc2o1. The first-order chi connectivity index (χ1) is 10.6. The van der Waals surface area contributed by atoms with Crippen molar-refractivity contribution in [3.63, 3.8) is 0 Å². The highest BCUT2D eigenvalue weighted by molar-refractivity contribution is 5.92. The van der Waals surface area contributed by atoms with E-state index in [2.05, 4.69) is 10.4 Å². The van der Waals surface area contributed by atoms with Gasteiger partial charge < -0.3 is 9.73 Å². The molecule has 0 aliphatic carbocycles.